The van der Waals surface area contributed by atoms with Crippen molar-refractivity contribution in [2.75, 3.05) is 0 Å². The van der Waals surface area contributed by atoms with E-state index in [9.17, 15) is 26.3 Å². The molecule has 12 rings (SSSR count). The highest BCUT2D eigenvalue weighted by molar-refractivity contribution is 6.14. The molecule has 10 heteroatoms. The molecule has 354 valence electrons. The van der Waals surface area contributed by atoms with Crippen LogP contribution in [0, 0.1) is 56.7 Å². The highest BCUT2D eigenvalue weighted by atomic mass is 19.4. The fraction of sp³-hybridized carbons (Fsp3) is 0.0152. The summed E-state index contributed by atoms with van der Waals surface area (Å²) in [6.07, 6.45) is -4.86. The van der Waals surface area contributed by atoms with Crippen molar-refractivity contribution in [2.45, 2.75) is 6.18 Å². The summed E-state index contributed by atoms with van der Waals surface area (Å²) in [5.41, 5.74) is 11.5. The first kappa shape index (κ1) is 46.1. The Hall–Kier alpha value is -11.0. The van der Waals surface area contributed by atoms with Gasteiger partial charge in [0.25, 0.3) is 0 Å². The zero-order valence-electron chi connectivity index (χ0n) is 39.9. The molecule has 10 aromatic carbocycles. The molecule has 0 bridgehead atoms. The van der Waals surface area contributed by atoms with Crippen LogP contribution in [0.4, 0.5) is 13.2 Å². The first-order chi connectivity index (χ1) is 37.0. The zero-order valence-corrected chi connectivity index (χ0v) is 39.9. The molecule has 0 aliphatic carbocycles. The molecule has 0 fully saturated rings. The molecule has 2 aromatic heterocycles. The number of benzene rings is 10. The van der Waals surface area contributed by atoms with Gasteiger partial charge in [-0.1, -0.05) is 78.9 Å². The van der Waals surface area contributed by atoms with Crippen molar-refractivity contribution in [1.82, 2.24) is 9.13 Å². The molecule has 0 amide bonds. The monoisotopic (exact) mass is 981 g/mol. The van der Waals surface area contributed by atoms with Gasteiger partial charge in [0.15, 0.2) is 0 Å². The molecule has 0 atom stereocenters. The minimum atomic E-state index is -4.86. The largest absolute Gasteiger partial charge is 0.417 e. The minimum Gasteiger partial charge on any atom is -0.309 e. The summed E-state index contributed by atoms with van der Waals surface area (Å²) in [7, 11) is 0. The summed E-state index contributed by atoms with van der Waals surface area (Å²) < 4.78 is 52.1. The molecule has 0 aliphatic rings. The van der Waals surface area contributed by atoms with Crippen molar-refractivity contribution in [3.63, 3.8) is 0 Å². The second-order valence-corrected chi connectivity index (χ2v) is 18.4. The van der Waals surface area contributed by atoms with E-state index in [1.807, 2.05) is 130 Å². The highest BCUT2D eigenvalue weighted by Gasteiger charge is 2.37. The number of hydrogen-bond acceptors (Lipinski definition) is 5. The Bertz CT molecular complexity index is 4360. The summed E-state index contributed by atoms with van der Waals surface area (Å²) in [6, 6.07) is 72.5. The molecule has 12 aromatic rings. The van der Waals surface area contributed by atoms with E-state index < -0.39 is 11.7 Å². The van der Waals surface area contributed by atoms with E-state index in [1.165, 1.54) is 12.1 Å². The van der Waals surface area contributed by atoms with Crippen molar-refractivity contribution in [3.05, 3.63) is 240 Å². The van der Waals surface area contributed by atoms with Gasteiger partial charge in [0.1, 0.15) is 0 Å². The predicted molar refractivity (Wildman–Crippen MR) is 291 cm³/mol. The topological polar surface area (TPSA) is 129 Å². The third-order valence-corrected chi connectivity index (χ3v) is 14.1. The minimum absolute atomic E-state index is 0.133. The molecular weight excluding hydrogens is 948 g/mol. The Balaban J connectivity index is 1.14. The second-order valence-electron chi connectivity index (χ2n) is 18.4. The number of nitriles is 5. The molecular formula is C66H34F3N7. The SMILES string of the molecule is N#Cc1ccc(-c2ccc3c(c2)c2cc(-c4ccc(C#N)cc4)ccc2n3-c2ccc(C#N)cc2-c2c(-n3c4ccc(-c5ccc(C#N)cc5)cc4c4cc(-c5ccc(C#N)cc5)ccc43)cccc2C(F)(F)F)cc1. The Morgan fingerprint density at radius 2 is 0.605 bits per heavy atom. The lowest BCUT2D eigenvalue weighted by molar-refractivity contribution is -0.137. The van der Waals surface area contributed by atoms with Crippen LogP contribution in [0.25, 0.3) is 111 Å². The highest BCUT2D eigenvalue weighted by Crippen LogP contribution is 2.48. The summed E-state index contributed by atoms with van der Waals surface area (Å²) in [6.45, 7) is 0. The van der Waals surface area contributed by atoms with E-state index in [0.29, 0.717) is 50.0 Å². The number of alkyl halides is 3. The number of hydrogen-bond donors (Lipinski definition) is 0. The van der Waals surface area contributed by atoms with Gasteiger partial charge in [-0.25, -0.2) is 0 Å². The van der Waals surface area contributed by atoms with Crippen molar-refractivity contribution >= 4 is 43.6 Å². The van der Waals surface area contributed by atoms with Gasteiger partial charge >= 0.3 is 6.18 Å². The molecule has 0 saturated heterocycles. The summed E-state index contributed by atoms with van der Waals surface area (Å²) >= 11 is 0. The third-order valence-electron chi connectivity index (χ3n) is 14.1. The molecule has 7 nitrogen and oxygen atoms in total. The molecule has 0 unspecified atom stereocenters. The van der Waals surface area contributed by atoms with Crippen LogP contribution in [0.1, 0.15) is 33.4 Å². The second kappa shape index (κ2) is 18.3. The number of halogens is 3. The van der Waals surface area contributed by atoms with E-state index in [-0.39, 0.29) is 22.4 Å². The van der Waals surface area contributed by atoms with Crippen LogP contribution >= 0.6 is 0 Å². The lowest BCUT2D eigenvalue weighted by Gasteiger charge is -2.22. The van der Waals surface area contributed by atoms with Crippen LogP contribution in [0.5, 0.6) is 0 Å². The standard InChI is InChI=1S/C66H34F3N7/c67-66(68,69)58-2-1-3-64(76-61-28-23-51(47-17-8-42(37-72)9-18-47)33-55(61)56-34-52(24-29-62(56)76)48-19-10-43(38-73)11-20-48)65(58)57-30-44(39-74)12-25-63(57)75-59-26-21-49(45-13-4-40(35-70)5-14-45)31-53(59)54-32-50(22-27-60(54)75)46-15-6-41(36-71)7-16-46/h1-34H. The number of nitrogens with zero attached hydrogens (tertiary/aromatic N) is 7. The predicted octanol–water partition coefficient (Wildman–Crippen LogP) is 16.6. The van der Waals surface area contributed by atoms with Crippen LogP contribution in [0.3, 0.4) is 0 Å². The summed E-state index contributed by atoms with van der Waals surface area (Å²) in [4.78, 5) is 0. The summed E-state index contributed by atoms with van der Waals surface area (Å²) in [5, 5.41) is 51.8. The van der Waals surface area contributed by atoms with E-state index in [2.05, 4.69) is 30.3 Å². The average Bonchev–Trinajstić information content (AvgIpc) is 4.08. The van der Waals surface area contributed by atoms with Gasteiger partial charge in [0.05, 0.1) is 97.2 Å². The molecule has 0 aliphatic heterocycles. The fourth-order valence-electron chi connectivity index (χ4n) is 10.5. The normalized spacial score (nSPS) is 11.3. The van der Waals surface area contributed by atoms with E-state index >= 15 is 13.2 Å². The molecule has 0 radical (unpaired) electrons. The maximum Gasteiger partial charge on any atom is 0.417 e. The van der Waals surface area contributed by atoms with E-state index in [0.717, 1.165) is 72.1 Å². The lowest BCUT2D eigenvalue weighted by atomic mass is 9.93. The molecule has 2 heterocycles. The molecule has 0 spiro atoms. The maximum absolute atomic E-state index is 16.1. The van der Waals surface area contributed by atoms with Crippen molar-refractivity contribution in [2.24, 2.45) is 0 Å². The van der Waals surface area contributed by atoms with Crippen LogP contribution < -0.4 is 0 Å². The van der Waals surface area contributed by atoms with E-state index in [1.54, 1.807) is 66.7 Å². The Morgan fingerprint density at radius 1 is 0.303 bits per heavy atom. The first-order valence-electron chi connectivity index (χ1n) is 24.0. The average molecular weight is 982 g/mol. The van der Waals surface area contributed by atoms with Gasteiger partial charge in [0.2, 0.25) is 0 Å². The maximum atomic E-state index is 16.1. The van der Waals surface area contributed by atoms with Gasteiger partial charge in [0, 0.05) is 32.7 Å². The smallest absolute Gasteiger partial charge is 0.309 e. The van der Waals surface area contributed by atoms with Gasteiger partial charge in [-0.2, -0.15) is 39.5 Å². The van der Waals surface area contributed by atoms with Crippen LogP contribution in [-0.4, -0.2) is 9.13 Å². The van der Waals surface area contributed by atoms with Crippen molar-refractivity contribution < 1.29 is 13.2 Å². The van der Waals surface area contributed by atoms with Crippen LogP contribution in [0.15, 0.2) is 206 Å². The third kappa shape index (κ3) is 7.83. The fourth-order valence-corrected chi connectivity index (χ4v) is 10.5. The Labute approximate surface area is 433 Å². The zero-order chi connectivity index (χ0) is 52.2. The van der Waals surface area contributed by atoms with Gasteiger partial charge in [-0.15, -0.1) is 0 Å². The quantitative estimate of drug-likeness (QED) is 0.157. The first-order valence-corrected chi connectivity index (χ1v) is 24.0. The van der Waals surface area contributed by atoms with Gasteiger partial charge in [-0.05, 0) is 172 Å². The van der Waals surface area contributed by atoms with Crippen molar-refractivity contribution in [1.29, 1.82) is 26.3 Å². The molecule has 0 saturated carbocycles. The number of aromatic nitrogens is 2. The van der Waals surface area contributed by atoms with Crippen LogP contribution in [-0.2, 0) is 6.18 Å². The molecule has 76 heavy (non-hydrogen) atoms. The van der Waals surface area contributed by atoms with Gasteiger partial charge in [-0.3, -0.25) is 0 Å². The number of rotatable bonds is 7. The van der Waals surface area contributed by atoms with Crippen LogP contribution in [0.2, 0.25) is 0 Å². The summed E-state index contributed by atoms with van der Waals surface area (Å²) in [5.74, 6) is 0. The Morgan fingerprint density at radius 3 is 0.921 bits per heavy atom. The Kier molecular flexibility index (Phi) is 11.1. The lowest BCUT2D eigenvalue weighted by Crippen LogP contribution is -2.11. The van der Waals surface area contributed by atoms with Gasteiger partial charge < -0.3 is 9.13 Å². The van der Waals surface area contributed by atoms with E-state index in [4.69, 9.17) is 0 Å². The molecule has 0 N–H and O–H groups in total. The van der Waals surface area contributed by atoms with Crippen molar-refractivity contribution in [3.8, 4) is 97.4 Å². The number of fused-ring (bicyclic) bond motifs is 6.